The normalized spacial score (nSPS) is 11.8. The van der Waals surface area contributed by atoms with E-state index < -0.39 is 0 Å². The number of fused-ring (bicyclic) bond motifs is 9. The Labute approximate surface area is 364 Å². The summed E-state index contributed by atoms with van der Waals surface area (Å²) >= 11 is 1.73. The van der Waals surface area contributed by atoms with Crippen molar-refractivity contribution in [3.8, 4) is 62.5 Å². The third kappa shape index (κ3) is 5.69. The van der Waals surface area contributed by atoms with Crippen molar-refractivity contribution in [1.82, 2.24) is 29.5 Å². The predicted octanol–water partition coefficient (Wildman–Crippen LogP) is 14.4. The van der Waals surface area contributed by atoms with E-state index in [-0.39, 0.29) is 0 Å². The molecule has 0 saturated heterocycles. The summed E-state index contributed by atoms with van der Waals surface area (Å²) in [5, 5.41) is 5.49. The number of benzene rings is 8. The lowest BCUT2D eigenvalue weighted by molar-refractivity contribution is 0.667. The third-order valence-electron chi connectivity index (χ3n) is 11.9. The van der Waals surface area contributed by atoms with Gasteiger partial charge in [0.25, 0.3) is 0 Å². The van der Waals surface area contributed by atoms with Crippen molar-refractivity contribution < 1.29 is 4.42 Å². The first-order valence-electron chi connectivity index (χ1n) is 20.8. The van der Waals surface area contributed by atoms with Gasteiger partial charge in [0, 0.05) is 69.8 Å². The maximum Gasteiger partial charge on any atom is 0.180 e. The van der Waals surface area contributed by atoms with Crippen LogP contribution in [-0.4, -0.2) is 29.5 Å². The summed E-state index contributed by atoms with van der Waals surface area (Å²) in [7, 11) is 0. The Bertz CT molecular complexity index is 3910. The summed E-state index contributed by atoms with van der Waals surface area (Å²) < 4.78 is 11.0. The minimum absolute atomic E-state index is 0.607. The highest BCUT2D eigenvalue weighted by Crippen LogP contribution is 2.43. The van der Waals surface area contributed by atoms with Crippen molar-refractivity contribution >= 4 is 75.4 Å². The van der Waals surface area contributed by atoms with E-state index >= 15 is 0 Å². The van der Waals surface area contributed by atoms with Crippen molar-refractivity contribution in [3.63, 3.8) is 0 Å². The van der Waals surface area contributed by atoms with Crippen LogP contribution in [-0.2, 0) is 0 Å². The van der Waals surface area contributed by atoms with Gasteiger partial charge in [-0.05, 0) is 48.5 Å². The smallest absolute Gasteiger partial charge is 0.180 e. The Morgan fingerprint density at radius 1 is 0.413 bits per heavy atom. The van der Waals surface area contributed by atoms with Gasteiger partial charge in [0.1, 0.15) is 16.8 Å². The Morgan fingerprint density at radius 2 is 1.03 bits per heavy atom. The van der Waals surface area contributed by atoms with Crippen LogP contribution in [0.5, 0.6) is 0 Å². The highest BCUT2D eigenvalue weighted by molar-refractivity contribution is 7.26. The monoisotopic (exact) mass is 824 g/mol. The van der Waals surface area contributed by atoms with Gasteiger partial charge < -0.3 is 8.98 Å². The van der Waals surface area contributed by atoms with E-state index in [0.29, 0.717) is 28.9 Å². The summed E-state index contributed by atoms with van der Waals surface area (Å²) in [4.78, 5) is 26.1. The number of aromatic nitrogens is 6. The summed E-state index contributed by atoms with van der Waals surface area (Å²) in [5.74, 6) is 2.50. The number of hydrogen-bond acceptors (Lipinski definition) is 7. The lowest BCUT2D eigenvalue weighted by Crippen LogP contribution is -2.00. The minimum Gasteiger partial charge on any atom is -0.452 e. The first-order valence-corrected chi connectivity index (χ1v) is 21.7. The quantitative estimate of drug-likeness (QED) is 0.166. The van der Waals surface area contributed by atoms with Gasteiger partial charge in [-0.15, -0.1) is 11.3 Å². The number of hydrogen-bond donors (Lipinski definition) is 0. The molecule has 0 saturated carbocycles. The molecule has 0 aliphatic carbocycles. The summed E-state index contributed by atoms with van der Waals surface area (Å²) in [6.07, 6.45) is 0. The molecule has 0 radical (unpaired) electrons. The molecule has 0 aliphatic rings. The van der Waals surface area contributed by atoms with Crippen LogP contribution in [0.15, 0.2) is 199 Å². The third-order valence-corrected chi connectivity index (χ3v) is 13.1. The molecule has 5 heterocycles. The number of para-hydroxylation sites is 3. The van der Waals surface area contributed by atoms with Crippen LogP contribution in [0.2, 0.25) is 0 Å². The topological polar surface area (TPSA) is 82.5 Å². The molecule has 0 spiro atoms. The van der Waals surface area contributed by atoms with Crippen LogP contribution in [0.1, 0.15) is 0 Å². The molecular weight excluding hydrogens is 793 g/mol. The van der Waals surface area contributed by atoms with E-state index in [2.05, 4.69) is 144 Å². The minimum atomic E-state index is 0.607. The summed E-state index contributed by atoms with van der Waals surface area (Å²) in [6, 6.07) is 66.8. The SMILES string of the molecule is c1ccc(-c2nc(-c3ccc4c(c3)sc3c(-c5nc(-c6ccccc6)c6oc7ccccc7c6n5)cccc34)nc(-c3cccc4c3c3ccccc3n4-c3ccccc3)n2)cc1. The van der Waals surface area contributed by atoms with Gasteiger partial charge in [-0.2, -0.15) is 0 Å². The van der Waals surface area contributed by atoms with E-state index in [4.69, 9.17) is 29.3 Å². The van der Waals surface area contributed by atoms with Crippen molar-refractivity contribution in [2.24, 2.45) is 0 Å². The molecule has 5 aromatic heterocycles. The second-order valence-electron chi connectivity index (χ2n) is 15.6. The van der Waals surface area contributed by atoms with Gasteiger partial charge in [-0.25, -0.2) is 24.9 Å². The van der Waals surface area contributed by atoms with Crippen LogP contribution in [0.4, 0.5) is 0 Å². The van der Waals surface area contributed by atoms with Gasteiger partial charge >= 0.3 is 0 Å². The Hall–Kier alpha value is -8.33. The Morgan fingerprint density at radius 3 is 1.86 bits per heavy atom. The van der Waals surface area contributed by atoms with E-state index in [1.54, 1.807) is 11.3 Å². The fourth-order valence-corrected chi connectivity index (χ4v) is 10.3. The van der Waals surface area contributed by atoms with Gasteiger partial charge in [-0.1, -0.05) is 146 Å². The average molecular weight is 825 g/mol. The first kappa shape index (κ1) is 35.4. The zero-order chi connectivity index (χ0) is 41.4. The standard InChI is InChI=1S/C55H32N6OS/c1-4-16-33(17-5-1)48-50-49(40-23-11-13-29-45(40)62-50)57-55(56-48)42-26-14-24-38-37-31-30-35(32-46(37)63-51(38)42)53-58-52(34-18-6-2-7-19-34)59-54(60-53)41-25-15-28-44-47(41)39-22-10-12-27-43(39)61(44)36-20-8-3-9-21-36/h1-32H. The van der Waals surface area contributed by atoms with Gasteiger partial charge in [0.15, 0.2) is 28.9 Å². The Kier molecular flexibility index (Phi) is 7.94. The predicted molar refractivity (Wildman–Crippen MR) is 257 cm³/mol. The van der Waals surface area contributed by atoms with E-state index in [1.165, 1.54) is 0 Å². The van der Waals surface area contributed by atoms with Crippen LogP contribution >= 0.6 is 11.3 Å². The van der Waals surface area contributed by atoms with Gasteiger partial charge in [0.2, 0.25) is 0 Å². The maximum absolute atomic E-state index is 6.41. The highest BCUT2D eigenvalue weighted by Gasteiger charge is 2.22. The van der Waals surface area contributed by atoms with Crippen LogP contribution in [0.3, 0.4) is 0 Å². The first-order chi connectivity index (χ1) is 31.2. The maximum atomic E-state index is 6.41. The van der Waals surface area contributed by atoms with Crippen molar-refractivity contribution in [2.45, 2.75) is 0 Å². The molecule has 13 aromatic rings. The number of furan rings is 1. The molecule has 13 rings (SSSR count). The highest BCUT2D eigenvalue weighted by atomic mass is 32.1. The molecule has 0 unspecified atom stereocenters. The second-order valence-corrected chi connectivity index (χ2v) is 16.6. The molecule has 0 amide bonds. The van der Waals surface area contributed by atoms with Crippen molar-refractivity contribution in [1.29, 1.82) is 0 Å². The largest absolute Gasteiger partial charge is 0.452 e. The molecular formula is C55H32N6OS. The number of rotatable bonds is 6. The fourth-order valence-electron chi connectivity index (χ4n) is 9.02. The molecule has 0 fully saturated rings. The molecule has 8 aromatic carbocycles. The van der Waals surface area contributed by atoms with E-state index in [9.17, 15) is 0 Å². The number of thiophene rings is 1. The van der Waals surface area contributed by atoms with Crippen molar-refractivity contribution in [2.75, 3.05) is 0 Å². The molecule has 8 heteroatoms. The molecule has 0 bridgehead atoms. The number of nitrogens with zero attached hydrogens (tertiary/aromatic N) is 6. The van der Waals surface area contributed by atoms with Crippen LogP contribution in [0, 0.1) is 0 Å². The summed E-state index contributed by atoms with van der Waals surface area (Å²) in [6.45, 7) is 0. The van der Waals surface area contributed by atoms with Gasteiger partial charge in [0.05, 0.1) is 11.0 Å². The van der Waals surface area contributed by atoms with Gasteiger partial charge in [-0.3, -0.25) is 0 Å². The second kappa shape index (κ2) is 14.1. The van der Waals surface area contributed by atoms with Crippen LogP contribution < -0.4 is 0 Å². The molecule has 7 nitrogen and oxygen atoms in total. The molecule has 294 valence electrons. The van der Waals surface area contributed by atoms with Crippen molar-refractivity contribution in [3.05, 3.63) is 194 Å². The molecule has 63 heavy (non-hydrogen) atoms. The molecule has 0 atom stereocenters. The van der Waals surface area contributed by atoms with Crippen LogP contribution in [0.25, 0.3) is 127 Å². The Balaban J connectivity index is 0.996. The zero-order valence-corrected chi connectivity index (χ0v) is 34.3. The fraction of sp³-hybridized carbons (Fsp3) is 0. The van der Waals surface area contributed by atoms with E-state index in [0.717, 1.165) is 97.7 Å². The average Bonchev–Trinajstić information content (AvgIpc) is 4.04. The summed E-state index contributed by atoms with van der Waals surface area (Å²) in [5.41, 5.74) is 11.1. The molecule has 0 N–H and O–H groups in total. The van der Waals surface area contributed by atoms with E-state index in [1.807, 2.05) is 54.6 Å². The lowest BCUT2D eigenvalue weighted by Gasteiger charge is -2.10. The lowest BCUT2D eigenvalue weighted by atomic mass is 10.0. The molecule has 0 aliphatic heterocycles. The zero-order valence-electron chi connectivity index (χ0n) is 33.5.